The molecule has 0 saturated heterocycles. The van der Waals surface area contributed by atoms with Crippen LogP contribution in [-0.2, 0) is 12.8 Å². The SMILES string of the molecule is Fc1cc(F)cc(CCc2cc(F)cc(F)c2)c1. The molecule has 0 fully saturated rings. The largest absolute Gasteiger partial charge is 0.207 e. The third-order valence-electron chi connectivity index (χ3n) is 2.55. The molecule has 2 aromatic carbocycles. The first kappa shape index (κ1) is 12.6. The van der Waals surface area contributed by atoms with E-state index in [0.29, 0.717) is 24.0 Å². The highest BCUT2D eigenvalue weighted by atomic mass is 19.1. The topological polar surface area (TPSA) is 0 Å². The molecule has 0 nitrogen and oxygen atoms in total. The molecule has 0 heterocycles. The van der Waals surface area contributed by atoms with Crippen LogP contribution in [0.25, 0.3) is 0 Å². The zero-order chi connectivity index (χ0) is 13.1. The number of aryl methyl sites for hydroxylation is 2. The smallest absolute Gasteiger partial charge is 0.126 e. The lowest BCUT2D eigenvalue weighted by molar-refractivity contribution is 0.575. The van der Waals surface area contributed by atoms with Crippen molar-refractivity contribution in [1.29, 1.82) is 0 Å². The number of hydrogen-bond acceptors (Lipinski definition) is 0. The number of hydrogen-bond donors (Lipinski definition) is 0. The molecule has 0 aliphatic rings. The van der Waals surface area contributed by atoms with Gasteiger partial charge in [-0.1, -0.05) is 0 Å². The second-order valence-corrected chi connectivity index (χ2v) is 4.06. The Hall–Kier alpha value is -1.84. The Labute approximate surface area is 102 Å². The Morgan fingerprint density at radius 3 is 1.06 bits per heavy atom. The summed E-state index contributed by atoms with van der Waals surface area (Å²) >= 11 is 0. The summed E-state index contributed by atoms with van der Waals surface area (Å²) in [4.78, 5) is 0. The monoisotopic (exact) mass is 254 g/mol. The molecule has 0 radical (unpaired) electrons. The normalized spacial score (nSPS) is 10.7. The molecule has 0 aliphatic carbocycles. The van der Waals surface area contributed by atoms with Gasteiger partial charge in [0.05, 0.1) is 0 Å². The fraction of sp³-hybridized carbons (Fsp3) is 0.143. The maximum Gasteiger partial charge on any atom is 0.126 e. The van der Waals surface area contributed by atoms with Crippen molar-refractivity contribution in [3.8, 4) is 0 Å². The van der Waals surface area contributed by atoms with Crippen LogP contribution < -0.4 is 0 Å². The molecule has 0 unspecified atom stereocenters. The summed E-state index contributed by atoms with van der Waals surface area (Å²) in [6, 6.07) is 6.39. The quantitative estimate of drug-likeness (QED) is 0.725. The number of rotatable bonds is 3. The van der Waals surface area contributed by atoms with Gasteiger partial charge in [0.2, 0.25) is 0 Å². The lowest BCUT2D eigenvalue weighted by Gasteiger charge is -2.04. The van der Waals surface area contributed by atoms with E-state index >= 15 is 0 Å². The Bertz CT molecular complexity index is 472. The Balaban J connectivity index is 2.11. The van der Waals surface area contributed by atoms with Crippen molar-refractivity contribution < 1.29 is 17.6 Å². The van der Waals surface area contributed by atoms with Gasteiger partial charge in [-0.2, -0.15) is 0 Å². The summed E-state index contributed by atoms with van der Waals surface area (Å²) in [5, 5.41) is 0. The highest BCUT2D eigenvalue weighted by Crippen LogP contribution is 2.13. The fourth-order valence-electron chi connectivity index (χ4n) is 1.80. The Morgan fingerprint density at radius 1 is 0.500 bits per heavy atom. The Morgan fingerprint density at radius 2 is 0.778 bits per heavy atom. The molecule has 0 bridgehead atoms. The van der Waals surface area contributed by atoms with Crippen LogP contribution in [0.2, 0.25) is 0 Å². The molecule has 2 aromatic rings. The summed E-state index contributed by atoms with van der Waals surface area (Å²) in [5.74, 6) is -2.63. The highest BCUT2D eigenvalue weighted by molar-refractivity contribution is 5.22. The highest BCUT2D eigenvalue weighted by Gasteiger charge is 2.04. The first-order chi connectivity index (χ1) is 8.52. The van der Waals surface area contributed by atoms with Gasteiger partial charge in [0, 0.05) is 12.1 Å². The lowest BCUT2D eigenvalue weighted by Crippen LogP contribution is -1.95. The molecule has 0 saturated carbocycles. The van der Waals surface area contributed by atoms with Crippen LogP contribution in [0.15, 0.2) is 36.4 Å². The molecule has 94 valence electrons. The van der Waals surface area contributed by atoms with Crippen molar-refractivity contribution in [1.82, 2.24) is 0 Å². The summed E-state index contributed by atoms with van der Waals surface area (Å²) < 4.78 is 51.7. The van der Waals surface area contributed by atoms with Gasteiger partial charge in [-0.3, -0.25) is 0 Å². The van der Waals surface area contributed by atoms with Crippen LogP contribution in [0.1, 0.15) is 11.1 Å². The molecule has 18 heavy (non-hydrogen) atoms. The van der Waals surface area contributed by atoms with Crippen LogP contribution >= 0.6 is 0 Å². The van der Waals surface area contributed by atoms with Crippen LogP contribution in [0.4, 0.5) is 17.6 Å². The second kappa shape index (κ2) is 5.21. The van der Waals surface area contributed by atoms with E-state index in [-0.39, 0.29) is 0 Å². The van der Waals surface area contributed by atoms with Gasteiger partial charge in [0.25, 0.3) is 0 Å². The maximum atomic E-state index is 12.9. The third-order valence-corrected chi connectivity index (χ3v) is 2.55. The molecule has 0 N–H and O–H groups in total. The molecular formula is C14H10F4. The Kier molecular flexibility index (Phi) is 3.65. The first-order valence-corrected chi connectivity index (χ1v) is 5.43. The van der Waals surface area contributed by atoms with E-state index in [4.69, 9.17) is 0 Å². The standard InChI is InChI=1S/C14H10F4/c15-11-3-9(4-12(16)7-11)1-2-10-5-13(17)8-14(18)6-10/h3-8H,1-2H2. The van der Waals surface area contributed by atoms with Gasteiger partial charge in [-0.25, -0.2) is 17.6 Å². The van der Waals surface area contributed by atoms with Crippen LogP contribution in [-0.4, -0.2) is 0 Å². The molecule has 0 amide bonds. The summed E-state index contributed by atoms with van der Waals surface area (Å²) in [6.07, 6.45) is 0.634. The van der Waals surface area contributed by atoms with E-state index in [0.717, 1.165) is 12.1 Å². The molecule has 0 atom stereocenters. The van der Waals surface area contributed by atoms with Gasteiger partial charge >= 0.3 is 0 Å². The zero-order valence-corrected chi connectivity index (χ0v) is 9.39. The van der Waals surface area contributed by atoms with Crippen molar-refractivity contribution in [2.75, 3.05) is 0 Å². The zero-order valence-electron chi connectivity index (χ0n) is 9.39. The molecule has 4 heteroatoms. The van der Waals surface area contributed by atoms with Crippen molar-refractivity contribution >= 4 is 0 Å². The van der Waals surface area contributed by atoms with E-state index in [1.54, 1.807) is 0 Å². The van der Waals surface area contributed by atoms with Crippen molar-refractivity contribution in [3.05, 3.63) is 70.8 Å². The van der Waals surface area contributed by atoms with E-state index in [1.165, 1.54) is 24.3 Å². The van der Waals surface area contributed by atoms with Crippen LogP contribution in [0, 0.1) is 23.3 Å². The minimum absolute atomic E-state index is 0.317. The first-order valence-electron chi connectivity index (χ1n) is 5.43. The predicted octanol–water partition coefficient (Wildman–Crippen LogP) is 4.03. The third kappa shape index (κ3) is 3.32. The summed E-state index contributed by atoms with van der Waals surface area (Å²) in [6.45, 7) is 0. The molecule has 0 aliphatic heterocycles. The summed E-state index contributed by atoms with van der Waals surface area (Å²) in [5.41, 5.74) is 0.911. The lowest BCUT2D eigenvalue weighted by atomic mass is 10.0. The fourth-order valence-corrected chi connectivity index (χ4v) is 1.80. The maximum absolute atomic E-state index is 12.9. The number of halogens is 4. The second-order valence-electron chi connectivity index (χ2n) is 4.06. The molecular weight excluding hydrogens is 244 g/mol. The van der Waals surface area contributed by atoms with Crippen molar-refractivity contribution in [2.45, 2.75) is 12.8 Å². The van der Waals surface area contributed by atoms with Crippen LogP contribution in [0.5, 0.6) is 0 Å². The predicted molar refractivity (Wildman–Crippen MR) is 60.1 cm³/mol. The van der Waals surface area contributed by atoms with Gasteiger partial charge < -0.3 is 0 Å². The van der Waals surface area contributed by atoms with E-state index in [2.05, 4.69) is 0 Å². The van der Waals surface area contributed by atoms with Gasteiger partial charge in [-0.15, -0.1) is 0 Å². The summed E-state index contributed by atoms with van der Waals surface area (Å²) in [7, 11) is 0. The van der Waals surface area contributed by atoms with E-state index < -0.39 is 23.3 Å². The van der Waals surface area contributed by atoms with Crippen molar-refractivity contribution in [3.63, 3.8) is 0 Å². The van der Waals surface area contributed by atoms with Crippen LogP contribution in [0.3, 0.4) is 0 Å². The average molecular weight is 254 g/mol. The molecule has 0 aromatic heterocycles. The van der Waals surface area contributed by atoms with Gasteiger partial charge in [0.1, 0.15) is 23.3 Å². The van der Waals surface area contributed by atoms with E-state index in [9.17, 15) is 17.6 Å². The van der Waals surface area contributed by atoms with E-state index in [1.807, 2.05) is 0 Å². The van der Waals surface area contributed by atoms with Gasteiger partial charge in [-0.05, 0) is 48.2 Å². The number of benzene rings is 2. The van der Waals surface area contributed by atoms with Gasteiger partial charge in [0.15, 0.2) is 0 Å². The van der Waals surface area contributed by atoms with Crippen molar-refractivity contribution in [2.24, 2.45) is 0 Å². The molecule has 0 spiro atoms. The minimum Gasteiger partial charge on any atom is -0.207 e. The molecule has 2 rings (SSSR count). The average Bonchev–Trinajstić information content (AvgIpc) is 2.23. The minimum atomic E-state index is -0.657.